The van der Waals surface area contributed by atoms with Crippen molar-refractivity contribution < 1.29 is 9.53 Å². The van der Waals surface area contributed by atoms with E-state index in [1.54, 1.807) is 11.3 Å². The molecular formula is C13H18BrNO2S. The molecule has 2 rings (SSSR count). The Labute approximate surface area is 120 Å². The third kappa shape index (κ3) is 2.88. The Morgan fingerprint density at radius 2 is 2.39 bits per heavy atom. The monoisotopic (exact) mass is 331 g/mol. The summed E-state index contributed by atoms with van der Waals surface area (Å²) in [4.78, 5) is 15.1. The number of halogens is 1. The molecule has 3 nitrogen and oxygen atoms in total. The number of hydrogen-bond acceptors (Lipinski definition) is 3. The SMILES string of the molecule is CCOC(=O)N1CCc2sc(Br)cc2[C@@H](CC)C1. The lowest BCUT2D eigenvalue weighted by Gasteiger charge is -2.23. The maximum absolute atomic E-state index is 11.9. The zero-order valence-electron chi connectivity index (χ0n) is 10.7. The second kappa shape index (κ2) is 6.06. The van der Waals surface area contributed by atoms with Crippen molar-refractivity contribution >= 4 is 33.4 Å². The number of nitrogens with zero attached hydrogens (tertiary/aromatic N) is 1. The topological polar surface area (TPSA) is 29.5 Å². The second-order valence-corrected chi connectivity index (χ2v) is 6.95. The Hall–Kier alpha value is -0.550. The van der Waals surface area contributed by atoms with Gasteiger partial charge in [0.2, 0.25) is 0 Å². The third-order valence-electron chi connectivity index (χ3n) is 3.32. The van der Waals surface area contributed by atoms with Crippen LogP contribution < -0.4 is 0 Å². The molecule has 0 saturated heterocycles. The van der Waals surface area contributed by atoms with Crippen LogP contribution >= 0.6 is 27.3 Å². The van der Waals surface area contributed by atoms with Crippen LogP contribution in [0.5, 0.6) is 0 Å². The van der Waals surface area contributed by atoms with Crippen LogP contribution in [0.15, 0.2) is 9.85 Å². The van der Waals surface area contributed by atoms with Crippen LogP contribution in [0.3, 0.4) is 0 Å². The van der Waals surface area contributed by atoms with Gasteiger partial charge in [-0.2, -0.15) is 0 Å². The van der Waals surface area contributed by atoms with Gasteiger partial charge >= 0.3 is 6.09 Å². The molecule has 0 aliphatic carbocycles. The van der Waals surface area contributed by atoms with Gasteiger partial charge in [0, 0.05) is 23.9 Å². The number of fused-ring (bicyclic) bond motifs is 1. The van der Waals surface area contributed by atoms with E-state index in [-0.39, 0.29) is 6.09 Å². The Morgan fingerprint density at radius 1 is 1.61 bits per heavy atom. The molecule has 5 heteroatoms. The summed E-state index contributed by atoms with van der Waals surface area (Å²) in [6.07, 6.45) is 1.80. The second-order valence-electron chi connectivity index (χ2n) is 4.43. The van der Waals surface area contributed by atoms with Crippen molar-refractivity contribution in [3.05, 3.63) is 20.3 Å². The van der Waals surface area contributed by atoms with Crippen LogP contribution in [0.4, 0.5) is 4.79 Å². The molecule has 1 aliphatic heterocycles. The molecule has 0 N–H and O–H groups in total. The maximum Gasteiger partial charge on any atom is 0.409 e. The van der Waals surface area contributed by atoms with Gasteiger partial charge in [-0.3, -0.25) is 0 Å². The zero-order valence-corrected chi connectivity index (χ0v) is 13.1. The summed E-state index contributed by atoms with van der Waals surface area (Å²) in [6, 6.07) is 2.21. The normalized spacial score (nSPS) is 19.3. The highest BCUT2D eigenvalue weighted by molar-refractivity contribution is 9.11. The first-order chi connectivity index (χ1) is 8.65. The first-order valence-corrected chi connectivity index (χ1v) is 7.96. The lowest BCUT2D eigenvalue weighted by molar-refractivity contribution is 0.106. The molecule has 100 valence electrons. The fraction of sp³-hybridized carbons (Fsp3) is 0.615. The van der Waals surface area contributed by atoms with Crippen molar-refractivity contribution in [3.8, 4) is 0 Å². The summed E-state index contributed by atoms with van der Waals surface area (Å²) in [6.45, 7) is 6.00. The van der Waals surface area contributed by atoms with Crippen molar-refractivity contribution in [2.75, 3.05) is 19.7 Å². The minimum Gasteiger partial charge on any atom is -0.450 e. The van der Waals surface area contributed by atoms with Crippen molar-refractivity contribution in [1.82, 2.24) is 4.90 Å². The number of ether oxygens (including phenoxy) is 1. The summed E-state index contributed by atoms with van der Waals surface area (Å²) in [5, 5.41) is 0. The quantitative estimate of drug-likeness (QED) is 0.819. The van der Waals surface area contributed by atoms with E-state index in [0.717, 1.165) is 25.9 Å². The number of thiophene rings is 1. The summed E-state index contributed by atoms with van der Waals surface area (Å²) in [7, 11) is 0. The Morgan fingerprint density at radius 3 is 3.06 bits per heavy atom. The van der Waals surface area contributed by atoms with E-state index in [1.165, 1.54) is 14.2 Å². The van der Waals surface area contributed by atoms with E-state index in [2.05, 4.69) is 28.9 Å². The predicted molar refractivity (Wildman–Crippen MR) is 77.4 cm³/mol. The molecule has 0 aromatic carbocycles. The molecule has 0 spiro atoms. The van der Waals surface area contributed by atoms with Gasteiger partial charge in [0.25, 0.3) is 0 Å². The molecular weight excluding hydrogens is 314 g/mol. The van der Waals surface area contributed by atoms with Crippen LogP contribution in [0.1, 0.15) is 36.6 Å². The Bertz CT molecular complexity index is 433. The van der Waals surface area contributed by atoms with Gasteiger partial charge < -0.3 is 9.64 Å². The molecule has 0 unspecified atom stereocenters. The lowest BCUT2D eigenvalue weighted by atomic mass is 9.97. The molecule has 0 radical (unpaired) electrons. The largest absolute Gasteiger partial charge is 0.450 e. The van der Waals surface area contributed by atoms with Crippen molar-refractivity contribution in [2.45, 2.75) is 32.6 Å². The van der Waals surface area contributed by atoms with Gasteiger partial charge in [-0.15, -0.1) is 11.3 Å². The third-order valence-corrected chi connectivity index (χ3v) is 5.03. The van der Waals surface area contributed by atoms with Crippen molar-refractivity contribution in [2.24, 2.45) is 0 Å². The summed E-state index contributed by atoms with van der Waals surface area (Å²) < 4.78 is 6.30. The lowest BCUT2D eigenvalue weighted by Crippen LogP contribution is -2.35. The average Bonchev–Trinajstić information content (AvgIpc) is 2.62. The smallest absolute Gasteiger partial charge is 0.409 e. The zero-order chi connectivity index (χ0) is 13.1. The van der Waals surface area contributed by atoms with Gasteiger partial charge in [0.1, 0.15) is 0 Å². The standard InChI is InChI=1S/C13H18BrNO2S/c1-3-9-8-15(13(16)17-4-2)6-5-11-10(9)7-12(14)18-11/h7,9H,3-6,8H2,1-2H3/t9-/m0/s1. The number of hydrogen-bond donors (Lipinski definition) is 0. The van der Waals surface area contributed by atoms with Gasteiger partial charge in [0.05, 0.1) is 10.4 Å². The molecule has 0 fully saturated rings. The molecule has 2 heterocycles. The maximum atomic E-state index is 11.9. The summed E-state index contributed by atoms with van der Waals surface area (Å²) in [5.41, 5.74) is 1.40. The number of rotatable bonds is 2. The molecule has 1 amide bonds. The summed E-state index contributed by atoms with van der Waals surface area (Å²) >= 11 is 5.34. The molecule has 1 aromatic rings. The highest BCUT2D eigenvalue weighted by Gasteiger charge is 2.27. The minimum absolute atomic E-state index is 0.176. The first kappa shape index (κ1) is 13.9. The number of carbonyl (C=O) groups excluding carboxylic acids is 1. The fourth-order valence-corrected chi connectivity index (χ4v) is 4.16. The fourth-order valence-electron chi connectivity index (χ4n) is 2.37. The Balaban J connectivity index is 2.17. The molecule has 1 aliphatic rings. The van der Waals surface area contributed by atoms with Gasteiger partial charge in [-0.05, 0) is 47.3 Å². The molecule has 18 heavy (non-hydrogen) atoms. The Kier molecular flexibility index (Phi) is 4.67. The van der Waals surface area contributed by atoms with Gasteiger partial charge in [-0.1, -0.05) is 6.92 Å². The van der Waals surface area contributed by atoms with Crippen LogP contribution in [0.25, 0.3) is 0 Å². The average molecular weight is 332 g/mol. The van der Waals surface area contributed by atoms with E-state index in [9.17, 15) is 4.79 Å². The molecule has 1 atom stereocenters. The van der Waals surface area contributed by atoms with E-state index in [1.807, 2.05) is 11.8 Å². The first-order valence-electron chi connectivity index (χ1n) is 6.35. The van der Waals surface area contributed by atoms with Crippen molar-refractivity contribution in [1.29, 1.82) is 0 Å². The minimum atomic E-state index is -0.176. The van der Waals surface area contributed by atoms with Crippen LogP contribution in [0.2, 0.25) is 0 Å². The van der Waals surface area contributed by atoms with E-state index < -0.39 is 0 Å². The van der Waals surface area contributed by atoms with E-state index in [4.69, 9.17) is 4.74 Å². The van der Waals surface area contributed by atoms with E-state index in [0.29, 0.717) is 12.5 Å². The van der Waals surface area contributed by atoms with Gasteiger partial charge in [-0.25, -0.2) is 4.79 Å². The van der Waals surface area contributed by atoms with Crippen LogP contribution in [-0.2, 0) is 11.2 Å². The van der Waals surface area contributed by atoms with E-state index >= 15 is 0 Å². The van der Waals surface area contributed by atoms with Crippen LogP contribution in [-0.4, -0.2) is 30.7 Å². The molecule has 0 saturated carbocycles. The van der Waals surface area contributed by atoms with Gasteiger partial charge in [0.15, 0.2) is 0 Å². The molecule has 0 bridgehead atoms. The number of carbonyl (C=O) groups is 1. The number of amides is 1. The van der Waals surface area contributed by atoms with Crippen LogP contribution in [0, 0.1) is 0 Å². The highest BCUT2D eigenvalue weighted by Crippen LogP contribution is 2.36. The van der Waals surface area contributed by atoms with Crippen molar-refractivity contribution in [3.63, 3.8) is 0 Å². The predicted octanol–water partition coefficient (Wildman–Crippen LogP) is 4.02. The highest BCUT2D eigenvalue weighted by atomic mass is 79.9. The molecule has 1 aromatic heterocycles. The summed E-state index contributed by atoms with van der Waals surface area (Å²) in [5.74, 6) is 0.425.